The number of imidazole rings is 1. The van der Waals surface area contributed by atoms with Crippen LogP contribution in [0.3, 0.4) is 0 Å². The maximum absolute atomic E-state index is 11.5. The van der Waals surface area contributed by atoms with Crippen molar-refractivity contribution >= 4 is 40.4 Å². The number of carbonyl (C=O) groups is 1. The Kier molecular flexibility index (Phi) is 5.66. The highest BCUT2D eigenvalue weighted by molar-refractivity contribution is 8.00. The predicted octanol–water partition coefficient (Wildman–Crippen LogP) is 4.71. The maximum atomic E-state index is 11.5. The van der Waals surface area contributed by atoms with Crippen molar-refractivity contribution in [3.05, 3.63) is 64.9 Å². The fourth-order valence-electron chi connectivity index (χ4n) is 2.69. The molecule has 0 aliphatic heterocycles. The number of hydrogen-bond acceptors (Lipinski definition) is 4. The summed E-state index contributed by atoms with van der Waals surface area (Å²) in [7, 11) is 1.40. The molecule has 25 heavy (non-hydrogen) atoms. The first kappa shape index (κ1) is 17.8. The molecule has 0 aliphatic rings. The van der Waals surface area contributed by atoms with E-state index < -0.39 is 0 Å². The van der Waals surface area contributed by atoms with Crippen molar-refractivity contribution in [3.63, 3.8) is 0 Å². The molecule has 4 nitrogen and oxygen atoms in total. The normalized spacial score (nSPS) is 12.3. The van der Waals surface area contributed by atoms with Gasteiger partial charge in [0, 0.05) is 11.6 Å². The molecule has 130 valence electrons. The molecule has 0 radical (unpaired) electrons. The molecule has 0 N–H and O–H groups in total. The smallest absolute Gasteiger partial charge is 0.315 e. The largest absolute Gasteiger partial charge is 0.468 e. The van der Waals surface area contributed by atoms with Crippen LogP contribution in [0.15, 0.2) is 48.5 Å². The van der Waals surface area contributed by atoms with Gasteiger partial charge in [-0.25, -0.2) is 4.98 Å². The molecule has 0 bridgehead atoms. The lowest BCUT2D eigenvalue weighted by molar-refractivity contribution is -0.137. The number of methoxy groups -OCH3 is 1. The summed E-state index contributed by atoms with van der Waals surface area (Å²) >= 11 is 7.64. The standard InChI is InChI=1S/C19H19ClN2O2S/c1-13(25-12-18(23)24-2)19-21-16-10-15(20)8-9-17(16)22(19)11-14-6-4-3-5-7-14/h3-10,13H,11-12H2,1-2H3/t13-/m0/s1. The van der Waals surface area contributed by atoms with Gasteiger partial charge in [-0.2, -0.15) is 0 Å². The second-order valence-corrected chi connectivity index (χ2v) is 7.47. The van der Waals surface area contributed by atoms with Crippen molar-refractivity contribution in [2.45, 2.75) is 18.7 Å². The summed E-state index contributed by atoms with van der Waals surface area (Å²) in [5.74, 6) is 0.994. The summed E-state index contributed by atoms with van der Waals surface area (Å²) in [5.41, 5.74) is 3.10. The van der Waals surface area contributed by atoms with Crippen LogP contribution >= 0.6 is 23.4 Å². The Bertz CT molecular complexity index is 880. The molecule has 3 rings (SSSR count). The molecule has 0 unspecified atom stereocenters. The fraction of sp³-hybridized carbons (Fsp3) is 0.263. The van der Waals surface area contributed by atoms with Crippen molar-refractivity contribution < 1.29 is 9.53 Å². The van der Waals surface area contributed by atoms with Crippen LogP contribution in [0.25, 0.3) is 11.0 Å². The van der Waals surface area contributed by atoms with Crippen LogP contribution in [0.5, 0.6) is 0 Å². The Labute approximate surface area is 156 Å². The van der Waals surface area contributed by atoms with E-state index in [4.69, 9.17) is 21.3 Å². The van der Waals surface area contributed by atoms with Crippen LogP contribution in [0.2, 0.25) is 5.02 Å². The zero-order valence-corrected chi connectivity index (χ0v) is 15.7. The summed E-state index contributed by atoms with van der Waals surface area (Å²) in [6.07, 6.45) is 0. The quantitative estimate of drug-likeness (QED) is 0.586. The number of hydrogen-bond donors (Lipinski definition) is 0. The highest BCUT2D eigenvalue weighted by Gasteiger charge is 2.19. The number of rotatable bonds is 6. The number of halogens is 1. The van der Waals surface area contributed by atoms with E-state index >= 15 is 0 Å². The molecule has 0 amide bonds. The summed E-state index contributed by atoms with van der Waals surface area (Å²) < 4.78 is 6.92. The first-order chi connectivity index (χ1) is 12.1. The van der Waals surface area contributed by atoms with Gasteiger partial charge < -0.3 is 9.30 Å². The van der Waals surface area contributed by atoms with Crippen LogP contribution in [0.1, 0.15) is 23.6 Å². The van der Waals surface area contributed by atoms with E-state index in [2.05, 4.69) is 23.6 Å². The Balaban J connectivity index is 1.97. The number of ether oxygens (including phenoxy) is 1. The van der Waals surface area contributed by atoms with Gasteiger partial charge in [0.1, 0.15) is 5.82 Å². The highest BCUT2D eigenvalue weighted by atomic mass is 35.5. The fourth-order valence-corrected chi connectivity index (χ4v) is 3.69. The molecular weight excluding hydrogens is 356 g/mol. The van der Waals surface area contributed by atoms with Crippen molar-refractivity contribution in [2.75, 3.05) is 12.9 Å². The average Bonchev–Trinajstić information content (AvgIpc) is 2.97. The van der Waals surface area contributed by atoms with E-state index in [0.29, 0.717) is 10.8 Å². The average molecular weight is 375 g/mol. The van der Waals surface area contributed by atoms with Gasteiger partial charge in [-0.1, -0.05) is 41.9 Å². The summed E-state index contributed by atoms with van der Waals surface area (Å²) in [6, 6.07) is 16.0. The summed E-state index contributed by atoms with van der Waals surface area (Å²) in [6.45, 7) is 2.77. The van der Waals surface area contributed by atoms with Crippen LogP contribution in [-0.2, 0) is 16.1 Å². The van der Waals surface area contributed by atoms with E-state index in [-0.39, 0.29) is 11.2 Å². The van der Waals surface area contributed by atoms with E-state index in [1.54, 1.807) is 0 Å². The number of aromatic nitrogens is 2. The maximum Gasteiger partial charge on any atom is 0.315 e. The lowest BCUT2D eigenvalue weighted by Gasteiger charge is -2.14. The molecule has 2 aromatic carbocycles. The number of nitrogens with zero attached hydrogens (tertiary/aromatic N) is 2. The zero-order valence-electron chi connectivity index (χ0n) is 14.1. The van der Waals surface area contributed by atoms with Gasteiger partial charge in [-0.3, -0.25) is 4.79 Å². The van der Waals surface area contributed by atoms with Gasteiger partial charge in [0.25, 0.3) is 0 Å². The van der Waals surface area contributed by atoms with Crippen molar-refractivity contribution in [3.8, 4) is 0 Å². The summed E-state index contributed by atoms with van der Waals surface area (Å²) in [4.78, 5) is 16.2. The summed E-state index contributed by atoms with van der Waals surface area (Å²) in [5, 5.41) is 0.715. The topological polar surface area (TPSA) is 44.1 Å². The minimum absolute atomic E-state index is 0.0500. The number of esters is 1. The van der Waals surface area contributed by atoms with Crippen LogP contribution in [-0.4, -0.2) is 28.4 Å². The highest BCUT2D eigenvalue weighted by Crippen LogP contribution is 2.32. The molecular formula is C19H19ClN2O2S. The predicted molar refractivity (Wildman–Crippen MR) is 103 cm³/mol. The van der Waals surface area contributed by atoms with Crippen molar-refractivity contribution in [1.29, 1.82) is 0 Å². The van der Waals surface area contributed by atoms with Crippen LogP contribution in [0, 0.1) is 0 Å². The molecule has 0 saturated heterocycles. The van der Waals surface area contributed by atoms with Crippen molar-refractivity contribution in [2.24, 2.45) is 0 Å². The first-order valence-corrected chi connectivity index (χ1v) is 9.39. The zero-order chi connectivity index (χ0) is 17.8. The molecule has 6 heteroatoms. The second-order valence-electron chi connectivity index (χ2n) is 5.70. The number of benzene rings is 2. The number of fused-ring (bicyclic) bond motifs is 1. The number of carbonyl (C=O) groups excluding carboxylic acids is 1. The third-order valence-corrected chi connectivity index (χ3v) is 5.31. The molecule has 0 spiro atoms. The van der Waals surface area contributed by atoms with Gasteiger partial charge in [-0.05, 0) is 30.7 Å². The molecule has 0 aliphatic carbocycles. The Hall–Kier alpha value is -1.98. The third-order valence-electron chi connectivity index (χ3n) is 3.97. The van der Waals surface area contributed by atoms with Gasteiger partial charge in [-0.15, -0.1) is 11.8 Å². The van der Waals surface area contributed by atoms with E-state index in [0.717, 1.165) is 23.4 Å². The molecule has 0 fully saturated rings. The van der Waals surface area contributed by atoms with Crippen LogP contribution in [0.4, 0.5) is 0 Å². The van der Waals surface area contributed by atoms with Gasteiger partial charge in [0.15, 0.2) is 0 Å². The molecule has 3 aromatic rings. The molecule has 1 aromatic heterocycles. The lowest BCUT2D eigenvalue weighted by Crippen LogP contribution is -2.09. The van der Waals surface area contributed by atoms with Gasteiger partial charge >= 0.3 is 5.97 Å². The lowest BCUT2D eigenvalue weighted by atomic mass is 10.2. The SMILES string of the molecule is COC(=O)CS[C@@H](C)c1nc2cc(Cl)ccc2n1Cc1ccccc1. The Morgan fingerprint density at radius 3 is 2.76 bits per heavy atom. The minimum Gasteiger partial charge on any atom is -0.468 e. The third kappa shape index (κ3) is 4.17. The van der Waals surface area contributed by atoms with Gasteiger partial charge in [0.2, 0.25) is 0 Å². The number of thioether (sulfide) groups is 1. The minimum atomic E-state index is -0.231. The van der Waals surface area contributed by atoms with Crippen LogP contribution < -0.4 is 0 Å². The Morgan fingerprint density at radius 2 is 2.04 bits per heavy atom. The monoisotopic (exact) mass is 374 g/mol. The van der Waals surface area contributed by atoms with Crippen molar-refractivity contribution in [1.82, 2.24) is 9.55 Å². The van der Waals surface area contributed by atoms with Gasteiger partial charge in [0.05, 0.1) is 29.1 Å². The first-order valence-electron chi connectivity index (χ1n) is 7.96. The van der Waals surface area contributed by atoms with E-state index in [9.17, 15) is 4.79 Å². The van der Waals surface area contributed by atoms with E-state index in [1.165, 1.54) is 24.4 Å². The Morgan fingerprint density at radius 1 is 1.28 bits per heavy atom. The van der Waals surface area contributed by atoms with E-state index in [1.807, 2.05) is 36.4 Å². The molecule has 0 saturated carbocycles. The molecule has 1 atom stereocenters. The second kappa shape index (κ2) is 7.93. The molecule has 1 heterocycles.